The van der Waals surface area contributed by atoms with Crippen LogP contribution in [0.25, 0.3) is 0 Å². The predicted molar refractivity (Wildman–Crippen MR) is 104 cm³/mol. The van der Waals surface area contributed by atoms with Gasteiger partial charge in [0, 0.05) is 11.1 Å². The smallest absolute Gasteiger partial charge is 0.308 e. The fraction of sp³-hybridized carbons (Fsp3) is 0.250. The highest BCUT2D eigenvalue weighted by Crippen LogP contribution is 2.24. The van der Waals surface area contributed by atoms with Crippen LogP contribution in [0.2, 0.25) is 0 Å². The molecular weight excluding hydrogens is 344 g/mol. The van der Waals surface area contributed by atoms with Gasteiger partial charge in [-0.2, -0.15) is 0 Å². The SMILES string of the molecule is CCOC(=O)CC(OCc1ccc(C(=N)N)cc1)c1cccc(C(=N)N)c1. The van der Waals surface area contributed by atoms with Gasteiger partial charge in [0.1, 0.15) is 11.7 Å². The molecule has 0 spiro atoms. The van der Waals surface area contributed by atoms with E-state index in [0.29, 0.717) is 17.7 Å². The number of nitrogens with two attached hydrogens (primary N) is 2. The second kappa shape index (κ2) is 9.49. The first-order valence-electron chi connectivity index (χ1n) is 8.55. The normalized spacial score (nSPS) is 11.6. The van der Waals surface area contributed by atoms with E-state index >= 15 is 0 Å². The minimum absolute atomic E-state index is 0.00343. The number of benzene rings is 2. The molecule has 0 aromatic heterocycles. The van der Waals surface area contributed by atoms with Gasteiger partial charge >= 0.3 is 5.97 Å². The fourth-order valence-electron chi connectivity index (χ4n) is 2.53. The Kier molecular flexibility index (Phi) is 7.08. The van der Waals surface area contributed by atoms with Gasteiger partial charge in [-0.15, -0.1) is 0 Å². The Balaban J connectivity index is 2.16. The Labute approximate surface area is 158 Å². The third-order valence-electron chi connectivity index (χ3n) is 3.94. The molecule has 0 bridgehead atoms. The lowest BCUT2D eigenvalue weighted by Crippen LogP contribution is -2.15. The van der Waals surface area contributed by atoms with Crippen LogP contribution in [0.3, 0.4) is 0 Å². The number of hydrogen-bond donors (Lipinski definition) is 4. The third-order valence-corrected chi connectivity index (χ3v) is 3.94. The quantitative estimate of drug-likeness (QED) is 0.306. The summed E-state index contributed by atoms with van der Waals surface area (Å²) in [7, 11) is 0. The summed E-state index contributed by atoms with van der Waals surface area (Å²) in [5.41, 5.74) is 13.8. The lowest BCUT2D eigenvalue weighted by molar-refractivity contribution is -0.146. The van der Waals surface area contributed by atoms with Gasteiger partial charge in [0.25, 0.3) is 0 Å². The van der Waals surface area contributed by atoms with Gasteiger partial charge in [-0.25, -0.2) is 0 Å². The molecule has 0 saturated carbocycles. The molecule has 27 heavy (non-hydrogen) atoms. The Morgan fingerprint density at radius 3 is 2.30 bits per heavy atom. The maximum Gasteiger partial charge on any atom is 0.308 e. The number of nitrogens with one attached hydrogen (secondary N) is 2. The van der Waals surface area contributed by atoms with Crippen molar-refractivity contribution in [3.63, 3.8) is 0 Å². The first kappa shape index (κ1) is 20.1. The number of rotatable bonds is 9. The molecule has 142 valence electrons. The molecule has 1 atom stereocenters. The van der Waals surface area contributed by atoms with Crippen molar-refractivity contribution in [3.8, 4) is 0 Å². The molecule has 0 aliphatic heterocycles. The van der Waals surface area contributed by atoms with E-state index in [4.69, 9.17) is 31.8 Å². The van der Waals surface area contributed by atoms with Crippen molar-refractivity contribution in [2.75, 3.05) is 6.61 Å². The number of amidine groups is 2. The van der Waals surface area contributed by atoms with E-state index in [-0.39, 0.29) is 30.7 Å². The van der Waals surface area contributed by atoms with Gasteiger partial charge in [-0.05, 0) is 24.1 Å². The van der Waals surface area contributed by atoms with E-state index in [1.54, 1.807) is 37.3 Å². The molecular formula is C20H24N4O3. The van der Waals surface area contributed by atoms with Crippen LogP contribution in [0.4, 0.5) is 0 Å². The van der Waals surface area contributed by atoms with Crippen LogP contribution in [0.5, 0.6) is 0 Å². The zero-order valence-electron chi connectivity index (χ0n) is 15.2. The van der Waals surface area contributed by atoms with E-state index in [9.17, 15) is 4.79 Å². The van der Waals surface area contributed by atoms with Crippen molar-refractivity contribution in [1.82, 2.24) is 0 Å². The van der Waals surface area contributed by atoms with Gasteiger partial charge in [0.15, 0.2) is 0 Å². The van der Waals surface area contributed by atoms with Crippen molar-refractivity contribution in [1.29, 1.82) is 10.8 Å². The molecule has 2 aromatic rings. The zero-order chi connectivity index (χ0) is 19.8. The molecule has 2 aromatic carbocycles. The summed E-state index contributed by atoms with van der Waals surface area (Å²) in [6.07, 6.45) is -0.475. The Hall–Kier alpha value is -3.19. The molecule has 6 N–H and O–H groups in total. The zero-order valence-corrected chi connectivity index (χ0v) is 15.2. The van der Waals surface area contributed by atoms with E-state index in [2.05, 4.69) is 0 Å². The number of nitrogen functional groups attached to an aromatic ring is 2. The van der Waals surface area contributed by atoms with E-state index in [1.165, 1.54) is 0 Å². The molecule has 0 radical (unpaired) electrons. The van der Waals surface area contributed by atoms with Crippen LogP contribution >= 0.6 is 0 Å². The summed E-state index contributed by atoms with van der Waals surface area (Å²) >= 11 is 0. The standard InChI is InChI=1S/C20H24N4O3/c1-2-26-18(25)11-17(15-4-3-5-16(10-15)20(23)24)27-12-13-6-8-14(9-7-13)19(21)22/h3-10,17H,2,11-12H2,1H3,(H3,21,22)(H3,23,24). The van der Waals surface area contributed by atoms with Gasteiger partial charge in [-0.1, -0.05) is 42.5 Å². The van der Waals surface area contributed by atoms with Crippen LogP contribution in [0, 0.1) is 10.8 Å². The Morgan fingerprint density at radius 2 is 1.70 bits per heavy atom. The average Bonchev–Trinajstić information content (AvgIpc) is 2.65. The van der Waals surface area contributed by atoms with Crippen LogP contribution < -0.4 is 11.5 Å². The number of ether oxygens (including phenoxy) is 2. The number of hydrogen-bond acceptors (Lipinski definition) is 5. The first-order chi connectivity index (χ1) is 12.9. The van der Waals surface area contributed by atoms with Crippen molar-refractivity contribution in [2.45, 2.75) is 26.1 Å². The topological polar surface area (TPSA) is 135 Å². The van der Waals surface area contributed by atoms with Crippen molar-refractivity contribution in [3.05, 3.63) is 70.8 Å². The Morgan fingerprint density at radius 1 is 1.04 bits per heavy atom. The molecule has 0 amide bonds. The summed E-state index contributed by atoms with van der Waals surface area (Å²) in [4.78, 5) is 12.0. The summed E-state index contributed by atoms with van der Waals surface area (Å²) in [5, 5.41) is 15.0. The molecule has 0 aliphatic rings. The number of esters is 1. The highest BCUT2D eigenvalue weighted by atomic mass is 16.5. The summed E-state index contributed by atoms with van der Waals surface area (Å²) in [5.74, 6) is -0.405. The molecule has 0 aliphatic carbocycles. The number of carbonyl (C=O) groups excluding carboxylic acids is 1. The van der Waals surface area contributed by atoms with Gasteiger partial charge < -0.3 is 20.9 Å². The van der Waals surface area contributed by atoms with Crippen molar-refractivity contribution >= 4 is 17.6 Å². The Bertz CT molecular complexity index is 818. The van der Waals surface area contributed by atoms with Crippen LogP contribution in [-0.2, 0) is 20.9 Å². The second-order valence-corrected chi connectivity index (χ2v) is 5.96. The lowest BCUT2D eigenvalue weighted by atomic mass is 10.0. The molecule has 2 rings (SSSR count). The fourth-order valence-corrected chi connectivity index (χ4v) is 2.53. The maximum absolute atomic E-state index is 12.0. The van der Waals surface area contributed by atoms with E-state index < -0.39 is 6.10 Å². The molecule has 0 fully saturated rings. The molecule has 7 nitrogen and oxygen atoms in total. The first-order valence-corrected chi connectivity index (χ1v) is 8.55. The largest absolute Gasteiger partial charge is 0.466 e. The minimum atomic E-state index is -0.532. The van der Waals surface area contributed by atoms with Crippen LogP contribution in [0.15, 0.2) is 48.5 Å². The summed E-state index contributed by atoms with van der Waals surface area (Å²) in [6.45, 7) is 2.32. The lowest BCUT2D eigenvalue weighted by Gasteiger charge is -2.18. The average molecular weight is 368 g/mol. The second-order valence-electron chi connectivity index (χ2n) is 5.96. The highest BCUT2D eigenvalue weighted by Gasteiger charge is 2.18. The predicted octanol–water partition coefficient (Wildman–Crippen LogP) is 2.47. The molecule has 7 heteroatoms. The van der Waals surface area contributed by atoms with Gasteiger partial charge in [0.2, 0.25) is 0 Å². The highest BCUT2D eigenvalue weighted by molar-refractivity contribution is 5.95. The van der Waals surface area contributed by atoms with Crippen molar-refractivity contribution < 1.29 is 14.3 Å². The maximum atomic E-state index is 12.0. The van der Waals surface area contributed by atoms with E-state index in [1.807, 2.05) is 18.2 Å². The molecule has 1 unspecified atom stereocenters. The summed E-state index contributed by atoms with van der Waals surface area (Å²) < 4.78 is 11.0. The van der Waals surface area contributed by atoms with Crippen LogP contribution in [-0.4, -0.2) is 24.2 Å². The van der Waals surface area contributed by atoms with Crippen molar-refractivity contribution in [2.24, 2.45) is 11.5 Å². The minimum Gasteiger partial charge on any atom is -0.466 e. The monoisotopic (exact) mass is 368 g/mol. The summed E-state index contributed by atoms with van der Waals surface area (Å²) in [6, 6.07) is 14.2. The molecule has 0 heterocycles. The third kappa shape index (κ3) is 5.93. The van der Waals surface area contributed by atoms with E-state index in [0.717, 1.165) is 11.1 Å². The van der Waals surface area contributed by atoms with Crippen LogP contribution in [0.1, 0.15) is 41.7 Å². The molecule has 0 saturated heterocycles. The van der Waals surface area contributed by atoms with Gasteiger partial charge in [-0.3, -0.25) is 15.6 Å². The number of carbonyl (C=O) groups is 1. The van der Waals surface area contributed by atoms with Gasteiger partial charge in [0.05, 0.1) is 25.7 Å².